The van der Waals surface area contributed by atoms with E-state index in [0.717, 1.165) is 19.3 Å². The first-order valence-electron chi connectivity index (χ1n) is 13.3. The number of nitrogens with one attached hydrogen (secondary N) is 1. The summed E-state index contributed by atoms with van der Waals surface area (Å²) in [4.78, 5) is 42.3. The summed E-state index contributed by atoms with van der Waals surface area (Å²) in [6, 6.07) is 0. The number of phosphoric ester groups is 1. The van der Waals surface area contributed by atoms with Crippen LogP contribution in [-0.2, 0) is 23.4 Å². The number of carbonyl (C=O) groups is 2. The highest BCUT2D eigenvalue weighted by molar-refractivity contribution is 7.46. The van der Waals surface area contributed by atoms with Gasteiger partial charge in [-0.2, -0.15) is 0 Å². The lowest BCUT2D eigenvalue weighted by molar-refractivity contribution is -0.143. The van der Waals surface area contributed by atoms with Crippen molar-refractivity contribution in [1.29, 1.82) is 0 Å². The van der Waals surface area contributed by atoms with Gasteiger partial charge in [0.25, 0.3) is 0 Å². The molecule has 12 heteroatoms. The third-order valence-electron chi connectivity index (χ3n) is 6.89. The van der Waals surface area contributed by atoms with Crippen LogP contribution in [-0.4, -0.2) is 73.5 Å². The molecule has 220 valence electrons. The number of ether oxygens (including phenoxy) is 1. The Kier molecular flexibility index (Phi) is 13.3. The molecule has 0 spiro atoms. The van der Waals surface area contributed by atoms with Crippen molar-refractivity contribution < 1.29 is 48.5 Å². The molecule has 1 aliphatic heterocycles. The molecular weight excluding hydrogens is 529 g/mol. The van der Waals surface area contributed by atoms with Crippen molar-refractivity contribution in [3.05, 3.63) is 48.6 Å². The number of allylic oxidation sites excluding steroid dienone is 3. The minimum atomic E-state index is -5.12. The number of carbonyl (C=O) groups excluding carboxylic acids is 2. The summed E-state index contributed by atoms with van der Waals surface area (Å²) in [7, 11) is -5.12. The van der Waals surface area contributed by atoms with Crippen molar-refractivity contribution in [2.24, 2.45) is 11.8 Å². The molecule has 6 N–H and O–H groups in total. The summed E-state index contributed by atoms with van der Waals surface area (Å²) in [6.45, 7) is 3.13. The summed E-state index contributed by atoms with van der Waals surface area (Å²) < 4.78 is 22.1. The number of cyclic esters (lactones) is 1. The fourth-order valence-electron chi connectivity index (χ4n) is 4.77. The topological polar surface area (TPSA) is 183 Å². The van der Waals surface area contributed by atoms with Crippen LogP contribution in [0.1, 0.15) is 58.8 Å². The highest BCUT2D eigenvalue weighted by Gasteiger charge is 2.41. The first-order chi connectivity index (χ1) is 18.3. The van der Waals surface area contributed by atoms with Gasteiger partial charge in [-0.15, -0.1) is 0 Å². The van der Waals surface area contributed by atoms with Crippen LogP contribution in [0.4, 0.5) is 0 Å². The highest BCUT2D eigenvalue weighted by atomic mass is 31.2. The molecule has 1 heterocycles. The van der Waals surface area contributed by atoms with E-state index in [2.05, 4.69) is 5.32 Å². The van der Waals surface area contributed by atoms with Crippen LogP contribution in [0.2, 0.25) is 0 Å². The van der Waals surface area contributed by atoms with E-state index >= 15 is 0 Å². The normalized spacial score (nSPS) is 27.5. The van der Waals surface area contributed by atoms with E-state index in [-0.39, 0.29) is 43.2 Å². The minimum absolute atomic E-state index is 0.0549. The first-order valence-corrected chi connectivity index (χ1v) is 14.8. The molecule has 0 radical (unpaired) electrons. The van der Waals surface area contributed by atoms with Crippen LogP contribution in [0, 0.1) is 11.8 Å². The number of hydrogen-bond acceptors (Lipinski definition) is 8. The maximum Gasteiger partial charge on any atom is 0.469 e. The Morgan fingerprint density at radius 1 is 1.31 bits per heavy atom. The minimum Gasteiger partial charge on any atom is -0.454 e. The average Bonchev–Trinajstić information content (AvgIpc) is 2.84. The van der Waals surface area contributed by atoms with Gasteiger partial charge in [0.05, 0.1) is 12.2 Å². The van der Waals surface area contributed by atoms with Crippen LogP contribution in [0.25, 0.3) is 0 Å². The van der Waals surface area contributed by atoms with E-state index in [1.165, 1.54) is 31.2 Å². The molecular formula is C27H42NO10P. The van der Waals surface area contributed by atoms with E-state index in [1.54, 1.807) is 18.2 Å². The van der Waals surface area contributed by atoms with Crippen LogP contribution < -0.4 is 5.32 Å². The molecule has 0 bridgehead atoms. The van der Waals surface area contributed by atoms with Crippen LogP contribution in [0.15, 0.2) is 48.6 Å². The molecule has 2 rings (SSSR count). The maximum absolute atomic E-state index is 11.8. The Hall–Kier alpha value is -2.11. The third kappa shape index (κ3) is 12.3. The van der Waals surface area contributed by atoms with Gasteiger partial charge in [0.15, 0.2) is 0 Å². The zero-order valence-electron chi connectivity index (χ0n) is 22.5. The van der Waals surface area contributed by atoms with Gasteiger partial charge >= 0.3 is 13.8 Å². The Labute approximate surface area is 229 Å². The standard InChI is InChI=1S/C27H42NO10P/c1-3-21-11-12-26(32)37-24(21)13-14-27(33,15-16-28-19(2)29)25(38-39(34,35)36)18-23(31)9-5-4-7-20-8-6-10-22(30)17-20/h4-5,7,9,11-14,20-25,30-31,33H,3,6,8,10,15-18H2,1-2H3,(H,28,29)(H2,34,35,36)/b7-4-,9-5-,14-13+/t20-,21+,22+,23+,24+,25-,27+/m1/s1. The Bertz CT molecular complexity index is 974. The molecule has 1 aliphatic carbocycles. The Morgan fingerprint density at radius 2 is 2.05 bits per heavy atom. The number of phosphoric acid groups is 1. The molecule has 0 aromatic rings. The predicted octanol–water partition coefficient (Wildman–Crippen LogP) is 2.20. The SMILES string of the molecule is CC[C@H]1C=CC(=O)O[C@H]1/C=C/[C@](O)(CCNC(C)=O)[C@@H](C[C@@H](O)/C=C\C=C/[C@@H]1CCC[C@H](O)C1)OP(=O)(O)O. The van der Waals surface area contributed by atoms with E-state index < -0.39 is 37.7 Å². The van der Waals surface area contributed by atoms with Gasteiger partial charge in [-0.3, -0.25) is 9.32 Å². The third-order valence-corrected chi connectivity index (χ3v) is 7.42. The second-order valence-corrected chi connectivity index (χ2v) is 11.3. The number of hydrogen-bond donors (Lipinski definition) is 6. The lowest BCUT2D eigenvalue weighted by Crippen LogP contribution is -2.46. The molecule has 0 saturated heterocycles. The summed E-state index contributed by atoms with van der Waals surface area (Å²) in [5.41, 5.74) is -2.06. The van der Waals surface area contributed by atoms with Crippen LogP contribution in [0.5, 0.6) is 0 Å². The smallest absolute Gasteiger partial charge is 0.454 e. The Balaban J connectivity index is 2.24. The second-order valence-electron chi connectivity index (χ2n) is 10.2. The number of esters is 1. The second kappa shape index (κ2) is 15.6. The zero-order valence-corrected chi connectivity index (χ0v) is 23.4. The fraction of sp³-hybridized carbons (Fsp3) is 0.630. The van der Waals surface area contributed by atoms with Crippen LogP contribution in [0.3, 0.4) is 0 Å². The number of aliphatic hydroxyl groups excluding tert-OH is 2. The lowest BCUT2D eigenvalue weighted by Gasteiger charge is -2.35. The molecule has 0 unspecified atom stereocenters. The summed E-state index contributed by atoms with van der Waals surface area (Å²) in [5, 5.41) is 34.5. The first kappa shape index (κ1) is 33.1. The largest absolute Gasteiger partial charge is 0.469 e. The van der Waals surface area contributed by atoms with Gasteiger partial charge in [0.1, 0.15) is 17.8 Å². The predicted molar refractivity (Wildman–Crippen MR) is 144 cm³/mol. The monoisotopic (exact) mass is 571 g/mol. The zero-order chi connectivity index (χ0) is 29.1. The maximum atomic E-state index is 11.8. The molecule has 1 saturated carbocycles. The quantitative estimate of drug-likeness (QED) is 0.0782. The van der Waals surface area contributed by atoms with Gasteiger partial charge in [-0.25, -0.2) is 9.36 Å². The molecule has 1 fully saturated rings. The Morgan fingerprint density at radius 3 is 2.69 bits per heavy atom. The van der Waals surface area contributed by atoms with Crippen LogP contribution >= 0.6 is 7.82 Å². The lowest BCUT2D eigenvalue weighted by atomic mass is 9.86. The van der Waals surface area contributed by atoms with Gasteiger partial charge in [0, 0.05) is 31.9 Å². The van der Waals surface area contributed by atoms with Gasteiger partial charge in [-0.05, 0) is 44.1 Å². The van der Waals surface area contributed by atoms with Gasteiger partial charge < -0.3 is 35.2 Å². The van der Waals surface area contributed by atoms with E-state index in [1.807, 2.05) is 13.0 Å². The molecule has 2 aliphatic rings. The van der Waals surface area contributed by atoms with Crippen molar-refractivity contribution in [2.75, 3.05) is 6.54 Å². The van der Waals surface area contributed by atoms with Gasteiger partial charge in [-0.1, -0.05) is 49.8 Å². The average molecular weight is 572 g/mol. The number of aliphatic hydroxyl groups is 3. The van der Waals surface area contributed by atoms with E-state index in [9.17, 15) is 39.3 Å². The summed E-state index contributed by atoms with van der Waals surface area (Å²) in [6.07, 6.45) is 11.9. The summed E-state index contributed by atoms with van der Waals surface area (Å²) >= 11 is 0. The van der Waals surface area contributed by atoms with Gasteiger partial charge in [0.2, 0.25) is 5.91 Å². The van der Waals surface area contributed by atoms with E-state index in [0.29, 0.717) is 12.8 Å². The van der Waals surface area contributed by atoms with Crippen molar-refractivity contribution in [3.8, 4) is 0 Å². The molecule has 7 atom stereocenters. The molecule has 0 aromatic heterocycles. The molecule has 39 heavy (non-hydrogen) atoms. The van der Waals surface area contributed by atoms with E-state index in [4.69, 9.17) is 9.26 Å². The van der Waals surface area contributed by atoms with Crippen molar-refractivity contribution in [3.63, 3.8) is 0 Å². The summed E-state index contributed by atoms with van der Waals surface area (Å²) in [5.74, 6) is -0.881. The number of rotatable bonds is 14. The molecule has 0 aromatic carbocycles. The van der Waals surface area contributed by atoms with Crippen molar-refractivity contribution >= 4 is 19.7 Å². The highest BCUT2D eigenvalue weighted by Crippen LogP contribution is 2.42. The fourth-order valence-corrected chi connectivity index (χ4v) is 5.37. The molecule has 1 amide bonds. The molecule has 11 nitrogen and oxygen atoms in total. The van der Waals surface area contributed by atoms with Crippen molar-refractivity contribution in [1.82, 2.24) is 5.32 Å². The number of amides is 1. The van der Waals surface area contributed by atoms with Crippen molar-refractivity contribution in [2.45, 2.75) is 88.8 Å².